The Kier molecular flexibility index (Phi) is 4.88. The molecule has 1 atom stereocenters. The number of hydrogen-bond acceptors (Lipinski definition) is 4. The molecule has 1 heterocycles. The van der Waals surface area contributed by atoms with Crippen molar-refractivity contribution in [3.05, 3.63) is 24.3 Å². The van der Waals surface area contributed by atoms with Crippen molar-refractivity contribution in [2.24, 2.45) is 0 Å². The topological polar surface area (TPSA) is 72.2 Å². The number of aromatic nitrogens is 2. The molecular weight excluding hydrogens is 288 g/mol. The number of unbranched alkanes of at least 4 members (excludes halogenated alkanes) is 3. The molecule has 0 fully saturated rings. The standard InChI is InChI=1S/C15H22N2O3S/c1-3-4-5-6-9-12(2)21(19,20)15-16-13-10-7-8-11-14(13)17(15)18/h7-8,10-12,18H,3-6,9H2,1-2H3. The van der Waals surface area contributed by atoms with Crippen LogP contribution < -0.4 is 0 Å². The van der Waals surface area contributed by atoms with Gasteiger partial charge in [0.05, 0.1) is 10.8 Å². The summed E-state index contributed by atoms with van der Waals surface area (Å²) in [5.41, 5.74) is 0.894. The molecule has 0 saturated heterocycles. The molecule has 0 bridgehead atoms. The Morgan fingerprint density at radius 2 is 1.95 bits per heavy atom. The fourth-order valence-electron chi connectivity index (χ4n) is 2.37. The van der Waals surface area contributed by atoms with Gasteiger partial charge in [-0.05, 0) is 25.5 Å². The van der Waals surface area contributed by atoms with Crippen LogP contribution in [0, 0.1) is 0 Å². The number of hydrogen-bond donors (Lipinski definition) is 1. The van der Waals surface area contributed by atoms with Crippen LogP contribution in [0.3, 0.4) is 0 Å². The molecule has 0 saturated carbocycles. The van der Waals surface area contributed by atoms with Crippen LogP contribution in [0.2, 0.25) is 0 Å². The highest BCUT2D eigenvalue weighted by Gasteiger charge is 2.29. The van der Waals surface area contributed by atoms with Crippen molar-refractivity contribution in [3.63, 3.8) is 0 Å². The van der Waals surface area contributed by atoms with Crippen LogP contribution in [0.25, 0.3) is 11.0 Å². The van der Waals surface area contributed by atoms with Crippen LogP contribution in [0.15, 0.2) is 29.4 Å². The van der Waals surface area contributed by atoms with E-state index >= 15 is 0 Å². The molecular formula is C15H22N2O3S. The van der Waals surface area contributed by atoms with Crippen molar-refractivity contribution < 1.29 is 13.6 Å². The van der Waals surface area contributed by atoms with Crippen LogP contribution in [-0.2, 0) is 9.84 Å². The highest BCUT2D eigenvalue weighted by atomic mass is 32.2. The third kappa shape index (κ3) is 3.20. The zero-order chi connectivity index (χ0) is 15.5. The maximum atomic E-state index is 12.5. The van der Waals surface area contributed by atoms with Gasteiger partial charge in [-0.15, -0.1) is 0 Å². The summed E-state index contributed by atoms with van der Waals surface area (Å²) < 4.78 is 25.8. The fourth-order valence-corrected chi connectivity index (χ4v) is 3.77. The minimum atomic E-state index is -3.62. The van der Waals surface area contributed by atoms with Gasteiger partial charge < -0.3 is 5.21 Å². The number of para-hydroxylation sites is 2. The van der Waals surface area contributed by atoms with Crippen molar-refractivity contribution >= 4 is 20.9 Å². The van der Waals surface area contributed by atoms with Gasteiger partial charge in [-0.25, -0.2) is 13.4 Å². The number of rotatable bonds is 7. The summed E-state index contributed by atoms with van der Waals surface area (Å²) in [5, 5.41) is 9.26. The second kappa shape index (κ2) is 6.47. The van der Waals surface area contributed by atoms with Gasteiger partial charge in [0.15, 0.2) is 0 Å². The zero-order valence-electron chi connectivity index (χ0n) is 12.5. The first-order chi connectivity index (χ1) is 9.98. The SMILES string of the molecule is CCCCCCC(C)S(=O)(=O)c1nc2ccccc2n1O. The van der Waals surface area contributed by atoms with Crippen LogP contribution in [-0.4, -0.2) is 28.6 Å². The lowest BCUT2D eigenvalue weighted by Gasteiger charge is -2.11. The van der Waals surface area contributed by atoms with E-state index in [2.05, 4.69) is 11.9 Å². The summed E-state index contributed by atoms with van der Waals surface area (Å²) in [6.07, 6.45) is 4.73. The molecule has 2 rings (SSSR count). The Bertz CT molecular complexity index is 707. The zero-order valence-corrected chi connectivity index (χ0v) is 13.3. The predicted molar refractivity (Wildman–Crippen MR) is 82.3 cm³/mol. The minimum absolute atomic E-state index is 0.258. The van der Waals surface area contributed by atoms with Crippen LogP contribution >= 0.6 is 0 Å². The van der Waals surface area contributed by atoms with Crippen molar-refractivity contribution in [1.82, 2.24) is 9.71 Å². The molecule has 0 spiro atoms. The molecule has 116 valence electrons. The Morgan fingerprint density at radius 1 is 1.24 bits per heavy atom. The molecule has 0 aliphatic carbocycles. The van der Waals surface area contributed by atoms with Gasteiger partial charge >= 0.3 is 0 Å². The highest BCUT2D eigenvalue weighted by Crippen LogP contribution is 2.23. The molecule has 21 heavy (non-hydrogen) atoms. The lowest BCUT2D eigenvalue weighted by molar-refractivity contribution is 0.169. The Balaban J connectivity index is 2.23. The predicted octanol–water partition coefficient (Wildman–Crippen LogP) is 3.41. The summed E-state index contributed by atoms with van der Waals surface area (Å²) in [7, 11) is -3.62. The Labute approximate surface area is 125 Å². The largest absolute Gasteiger partial charge is 0.426 e. The van der Waals surface area contributed by atoms with E-state index in [0.29, 0.717) is 22.2 Å². The molecule has 1 N–H and O–H groups in total. The third-order valence-electron chi connectivity index (χ3n) is 3.76. The van der Waals surface area contributed by atoms with Gasteiger partial charge in [-0.1, -0.05) is 44.7 Å². The molecule has 5 nitrogen and oxygen atoms in total. The number of benzene rings is 1. The van der Waals surface area contributed by atoms with E-state index in [-0.39, 0.29) is 5.16 Å². The fraction of sp³-hybridized carbons (Fsp3) is 0.533. The van der Waals surface area contributed by atoms with Gasteiger partial charge in [-0.3, -0.25) is 0 Å². The number of fused-ring (bicyclic) bond motifs is 1. The van der Waals surface area contributed by atoms with E-state index in [0.717, 1.165) is 25.7 Å². The average Bonchev–Trinajstić information content (AvgIpc) is 2.82. The monoisotopic (exact) mass is 310 g/mol. The maximum Gasteiger partial charge on any atom is 0.262 e. The van der Waals surface area contributed by atoms with E-state index in [4.69, 9.17) is 0 Å². The molecule has 2 aromatic rings. The summed E-state index contributed by atoms with van der Waals surface area (Å²) >= 11 is 0. The van der Waals surface area contributed by atoms with Crippen molar-refractivity contribution in [1.29, 1.82) is 0 Å². The smallest absolute Gasteiger partial charge is 0.262 e. The summed E-state index contributed by atoms with van der Waals surface area (Å²) in [5.74, 6) is 0. The summed E-state index contributed by atoms with van der Waals surface area (Å²) in [4.78, 5) is 4.07. The molecule has 1 unspecified atom stereocenters. The number of sulfone groups is 1. The lowest BCUT2D eigenvalue weighted by Crippen LogP contribution is -2.21. The number of nitrogens with zero attached hydrogens (tertiary/aromatic N) is 2. The van der Waals surface area contributed by atoms with E-state index in [1.807, 2.05) is 0 Å². The van der Waals surface area contributed by atoms with Gasteiger partial charge in [-0.2, -0.15) is 4.73 Å². The molecule has 0 amide bonds. The van der Waals surface area contributed by atoms with E-state index in [1.54, 1.807) is 31.2 Å². The van der Waals surface area contributed by atoms with Crippen LogP contribution in [0.4, 0.5) is 0 Å². The highest BCUT2D eigenvalue weighted by molar-refractivity contribution is 7.91. The second-order valence-corrected chi connectivity index (χ2v) is 7.66. The van der Waals surface area contributed by atoms with Gasteiger partial charge in [0.25, 0.3) is 5.16 Å². The van der Waals surface area contributed by atoms with Crippen molar-refractivity contribution in [2.45, 2.75) is 56.4 Å². The van der Waals surface area contributed by atoms with Gasteiger partial charge in [0.2, 0.25) is 9.84 Å². The molecule has 0 aliphatic heterocycles. The molecule has 1 aromatic heterocycles. The first-order valence-corrected chi connectivity index (χ1v) is 8.93. The number of imidazole rings is 1. The molecule has 1 aromatic carbocycles. The van der Waals surface area contributed by atoms with Gasteiger partial charge in [0.1, 0.15) is 5.52 Å². The normalized spacial score (nSPS) is 13.6. The van der Waals surface area contributed by atoms with Crippen LogP contribution in [0.5, 0.6) is 0 Å². The van der Waals surface area contributed by atoms with Gasteiger partial charge in [0, 0.05) is 0 Å². The molecule has 6 heteroatoms. The van der Waals surface area contributed by atoms with E-state index in [1.165, 1.54) is 0 Å². The minimum Gasteiger partial charge on any atom is -0.426 e. The first kappa shape index (κ1) is 15.8. The first-order valence-electron chi connectivity index (χ1n) is 7.39. The van der Waals surface area contributed by atoms with Crippen LogP contribution in [0.1, 0.15) is 46.0 Å². The molecule has 0 radical (unpaired) electrons. The maximum absolute atomic E-state index is 12.5. The average molecular weight is 310 g/mol. The second-order valence-electron chi connectivity index (χ2n) is 5.40. The Hall–Kier alpha value is -1.56. The lowest BCUT2D eigenvalue weighted by atomic mass is 10.1. The summed E-state index contributed by atoms with van der Waals surface area (Å²) in [6, 6.07) is 6.83. The Morgan fingerprint density at radius 3 is 2.62 bits per heavy atom. The van der Waals surface area contributed by atoms with Crippen molar-refractivity contribution in [2.75, 3.05) is 0 Å². The van der Waals surface area contributed by atoms with Crippen molar-refractivity contribution in [3.8, 4) is 0 Å². The summed E-state index contributed by atoms with van der Waals surface area (Å²) in [6.45, 7) is 3.80. The molecule has 0 aliphatic rings. The van der Waals surface area contributed by atoms with E-state index in [9.17, 15) is 13.6 Å². The third-order valence-corrected chi connectivity index (χ3v) is 5.82. The van der Waals surface area contributed by atoms with E-state index < -0.39 is 15.1 Å². The quantitative estimate of drug-likeness (QED) is 0.628.